The lowest BCUT2D eigenvalue weighted by Gasteiger charge is -2.10. The van der Waals surface area contributed by atoms with Crippen molar-refractivity contribution in [3.05, 3.63) is 69.5 Å². The highest BCUT2D eigenvalue weighted by atomic mass is 35.5. The molecule has 3 nitrogen and oxygen atoms in total. The van der Waals surface area contributed by atoms with Crippen molar-refractivity contribution in [1.29, 1.82) is 0 Å². The minimum atomic E-state index is -0.376. The summed E-state index contributed by atoms with van der Waals surface area (Å²) in [6.07, 6.45) is 0. The summed E-state index contributed by atoms with van der Waals surface area (Å²) in [5.41, 5.74) is 1.10. The third-order valence-electron chi connectivity index (χ3n) is 2.97. The van der Waals surface area contributed by atoms with E-state index in [0.717, 1.165) is 0 Å². The molecule has 0 spiro atoms. The molecule has 0 bridgehead atoms. The Bertz CT molecular complexity index is 871. The van der Waals surface area contributed by atoms with Gasteiger partial charge in [0, 0.05) is 16.7 Å². The molecular weight excluding hydrogens is 360 g/mol. The molecule has 7 heteroatoms. The van der Waals surface area contributed by atoms with Crippen molar-refractivity contribution in [1.82, 2.24) is 9.97 Å². The van der Waals surface area contributed by atoms with Crippen molar-refractivity contribution in [2.24, 2.45) is 0 Å². The third kappa shape index (κ3) is 3.91. The van der Waals surface area contributed by atoms with E-state index in [1.165, 1.54) is 12.1 Å². The number of aromatic nitrogens is 2. The zero-order chi connectivity index (χ0) is 16.4. The van der Waals surface area contributed by atoms with E-state index >= 15 is 0 Å². The Morgan fingerprint density at radius 2 is 1.74 bits per heavy atom. The monoisotopic (exact) mass is 367 g/mol. The van der Waals surface area contributed by atoms with Gasteiger partial charge in [-0.2, -0.15) is 0 Å². The molecule has 1 heterocycles. The second kappa shape index (κ2) is 6.71. The van der Waals surface area contributed by atoms with Crippen molar-refractivity contribution in [2.75, 3.05) is 5.32 Å². The minimum Gasteiger partial charge on any atom is -0.339 e. The van der Waals surface area contributed by atoms with Crippen LogP contribution in [0.15, 0.2) is 48.5 Å². The summed E-state index contributed by atoms with van der Waals surface area (Å²) in [5, 5.41) is 4.27. The van der Waals surface area contributed by atoms with E-state index in [2.05, 4.69) is 15.3 Å². The van der Waals surface area contributed by atoms with Crippen LogP contribution >= 0.6 is 34.8 Å². The Labute approximate surface area is 147 Å². The highest BCUT2D eigenvalue weighted by Gasteiger charge is 2.09. The number of halogens is 4. The number of hydrogen-bond donors (Lipinski definition) is 1. The molecule has 0 saturated carbocycles. The molecule has 0 aliphatic heterocycles. The van der Waals surface area contributed by atoms with E-state index in [4.69, 9.17) is 34.8 Å². The third-order valence-corrected chi connectivity index (χ3v) is 3.73. The topological polar surface area (TPSA) is 37.8 Å². The van der Waals surface area contributed by atoms with E-state index in [1.54, 1.807) is 36.4 Å². The maximum absolute atomic E-state index is 13.4. The van der Waals surface area contributed by atoms with Gasteiger partial charge in [0.15, 0.2) is 5.82 Å². The smallest absolute Gasteiger partial charge is 0.163 e. The highest BCUT2D eigenvalue weighted by molar-refractivity contribution is 6.35. The summed E-state index contributed by atoms with van der Waals surface area (Å²) in [6.45, 7) is 0. The van der Waals surface area contributed by atoms with Crippen molar-refractivity contribution < 1.29 is 4.39 Å². The standard InChI is InChI=1S/C16H9Cl3FN3/c17-10-4-5-12(18)13(7-10)21-15-8-14(19)22-16(23-15)9-2-1-3-11(20)6-9/h1-8H,(H,21,22,23). The normalized spacial score (nSPS) is 10.6. The fourth-order valence-electron chi connectivity index (χ4n) is 1.97. The molecule has 2 aromatic carbocycles. The Morgan fingerprint density at radius 1 is 0.913 bits per heavy atom. The van der Waals surface area contributed by atoms with Gasteiger partial charge in [0.1, 0.15) is 16.8 Å². The maximum Gasteiger partial charge on any atom is 0.163 e. The zero-order valence-electron chi connectivity index (χ0n) is 11.5. The first-order valence-corrected chi connectivity index (χ1v) is 7.67. The first-order chi connectivity index (χ1) is 11.0. The van der Waals surface area contributed by atoms with Crippen molar-refractivity contribution >= 4 is 46.3 Å². The SMILES string of the molecule is Fc1cccc(-c2nc(Cl)cc(Nc3cc(Cl)ccc3Cl)n2)c1. The Balaban J connectivity index is 1.99. The molecule has 0 fully saturated rings. The molecule has 0 amide bonds. The molecule has 0 saturated heterocycles. The van der Waals surface area contributed by atoms with Crippen LogP contribution in [0.1, 0.15) is 0 Å². The molecule has 1 N–H and O–H groups in total. The number of anilines is 2. The van der Waals surface area contributed by atoms with Crippen molar-refractivity contribution in [3.63, 3.8) is 0 Å². The van der Waals surface area contributed by atoms with Gasteiger partial charge in [-0.15, -0.1) is 0 Å². The minimum absolute atomic E-state index is 0.222. The quantitative estimate of drug-likeness (QED) is 0.577. The van der Waals surface area contributed by atoms with E-state index in [9.17, 15) is 4.39 Å². The molecule has 3 aromatic rings. The highest BCUT2D eigenvalue weighted by Crippen LogP contribution is 2.29. The molecule has 3 rings (SSSR count). The van der Waals surface area contributed by atoms with Crippen molar-refractivity contribution in [2.45, 2.75) is 0 Å². The van der Waals surface area contributed by atoms with Crippen LogP contribution in [0.2, 0.25) is 15.2 Å². The molecule has 1 aromatic heterocycles. The molecule has 116 valence electrons. The predicted octanol–water partition coefficient (Wildman–Crippen LogP) is 5.99. The van der Waals surface area contributed by atoms with E-state index in [-0.39, 0.29) is 11.0 Å². The van der Waals surface area contributed by atoms with Crippen LogP contribution in [-0.2, 0) is 0 Å². The summed E-state index contributed by atoms with van der Waals surface area (Å²) in [5.74, 6) is 0.351. The summed E-state index contributed by atoms with van der Waals surface area (Å²) in [6, 6.07) is 12.5. The van der Waals surface area contributed by atoms with Crippen LogP contribution in [0.25, 0.3) is 11.4 Å². The number of nitrogens with zero attached hydrogens (tertiary/aromatic N) is 2. The van der Waals surface area contributed by atoms with Gasteiger partial charge < -0.3 is 5.32 Å². The van der Waals surface area contributed by atoms with E-state index < -0.39 is 0 Å². The lowest BCUT2D eigenvalue weighted by atomic mass is 10.2. The first-order valence-electron chi connectivity index (χ1n) is 6.54. The summed E-state index contributed by atoms with van der Waals surface area (Å²) in [7, 11) is 0. The summed E-state index contributed by atoms with van der Waals surface area (Å²) in [4.78, 5) is 8.45. The second-order valence-corrected chi connectivity index (χ2v) is 5.89. The van der Waals surface area contributed by atoms with Crippen LogP contribution < -0.4 is 5.32 Å². The average Bonchev–Trinajstić information content (AvgIpc) is 2.50. The number of nitrogens with one attached hydrogen (secondary N) is 1. The second-order valence-electron chi connectivity index (χ2n) is 4.66. The predicted molar refractivity (Wildman–Crippen MR) is 92.2 cm³/mol. The first kappa shape index (κ1) is 16.0. The van der Waals surface area contributed by atoms with Gasteiger partial charge in [0.2, 0.25) is 0 Å². The lowest BCUT2D eigenvalue weighted by molar-refractivity contribution is 0.628. The number of rotatable bonds is 3. The van der Waals surface area contributed by atoms with Gasteiger partial charge in [0.05, 0.1) is 10.7 Å². The Morgan fingerprint density at radius 3 is 2.52 bits per heavy atom. The number of benzene rings is 2. The van der Waals surface area contributed by atoms with Gasteiger partial charge in [-0.25, -0.2) is 14.4 Å². The van der Waals surface area contributed by atoms with Gasteiger partial charge in [-0.1, -0.05) is 46.9 Å². The van der Waals surface area contributed by atoms with Gasteiger partial charge in [-0.3, -0.25) is 0 Å². The lowest BCUT2D eigenvalue weighted by Crippen LogP contribution is -1.98. The molecule has 23 heavy (non-hydrogen) atoms. The fraction of sp³-hybridized carbons (Fsp3) is 0. The zero-order valence-corrected chi connectivity index (χ0v) is 13.8. The van der Waals surface area contributed by atoms with Gasteiger partial charge >= 0.3 is 0 Å². The van der Waals surface area contributed by atoms with Crippen LogP contribution in [0, 0.1) is 5.82 Å². The maximum atomic E-state index is 13.4. The molecule has 0 atom stereocenters. The summed E-state index contributed by atoms with van der Waals surface area (Å²) >= 11 is 18.1. The molecule has 0 radical (unpaired) electrons. The Kier molecular flexibility index (Phi) is 4.66. The average molecular weight is 369 g/mol. The van der Waals surface area contributed by atoms with E-state index in [0.29, 0.717) is 32.9 Å². The van der Waals surface area contributed by atoms with Crippen LogP contribution in [0.3, 0.4) is 0 Å². The van der Waals surface area contributed by atoms with Gasteiger partial charge in [-0.05, 0) is 30.3 Å². The van der Waals surface area contributed by atoms with Crippen LogP contribution in [0.4, 0.5) is 15.9 Å². The molecular formula is C16H9Cl3FN3. The van der Waals surface area contributed by atoms with Crippen LogP contribution in [0.5, 0.6) is 0 Å². The van der Waals surface area contributed by atoms with Crippen LogP contribution in [-0.4, -0.2) is 9.97 Å². The van der Waals surface area contributed by atoms with Gasteiger partial charge in [0.25, 0.3) is 0 Å². The molecule has 0 aliphatic carbocycles. The largest absolute Gasteiger partial charge is 0.339 e. The number of hydrogen-bond acceptors (Lipinski definition) is 3. The molecule has 0 unspecified atom stereocenters. The summed E-state index contributed by atoms with van der Waals surface area (Å²) < 4.78 is 13.4. The fourth-order valence-corrected chi connectivity index (χ4v) is 2.49. The molecule has 0 aliphatic rings. The van der Waals surface area contributed by atoms with Crippen molar-refractivity contribution in [3.8, 4) is 11.4 Å². The van der Waals surface area contributed by atoms with E-state index in [1.807, 2.05) is 0 Å². The Hall–Kier alpha value is -1.88.